The molecule has 3 rings (SSSR count). The Morgan fingerprint density at radius 1 is 1.10 bits per heavy atom. The molecular weight excluding hydrogens is 272 g/mol. The van der Waals surface area contributed by atoms with Crippen LogP contribution in [-0.2, 0) is 0 Å². The van der Waals surface area contributed by atoms with Gasteiger partial charge in [0, 0.05) is 17.0 Å². The third kappa shape index (κ3) is 2.67. The number of furan rings is 1. The van der Waals surface area contributed by atoms with Crippen molar-refractivity contribution < 1.29 is 13.2 Å². The summed E-state index contributed by atoms with van der Waals surface area (Å²) >= 11 is 0. The van der Waals surface area contributed by atoms with E-state index in [4.69, 9.17) is 4.42 Å². The van der Waals surface area contributed by atoms with Gasteiger partial charge in [-0.2, -0.15) is 0 Å². The predicted octanol–water partition coefficient (Wildman–Crippen LogP) is 4.41. The average Bonchev–Trinajstić information content (AvgIpc) is 2.87. The highest BCUT2D eigenvalue weighted by Crippen LogP contribution is 2.31. The number of hydrogen-bond donors (Lipinski definition) is 1. The molecule has 0 fully saturated rings. The van der Waals surface area contributed by atoms with Crippen LogP contribution in [0.5, 0.6) is 0 Å². The molecule has 0 bridgehead atoms. The number of nitrogens with one attached hydrogen (secondary N) is 1. The van der Waals surface area contributed by atoms with Gasteiger partial charge < -0.3 is 9.73 Å². The molecule has 1 heterocycles. The Morgan fingerprint density at radius 2 is 1.81 bits per heavy atom. The Morgan fingerprint density at radius 3 is 2.52 bits per heavy atom. The molecule has 0 saturated carbocycles. The Kier molecular flexibility index (Phi) is 3.71. The lowest BCUT2D eigenvalue weighted by Gasteiger charge is -2.17. The molecule has 4 heteroatoms. The first kappa shape index (κ1) is 13.8. The quantitative estimate of drug-likeness (QED) is 0.769. The molecule has 0 amide bonds. The summed E-state index contributed by atoms with van der Waals surface area (Å²) in [5.41, 5.74) is 2.17. The van der Waals surface area contributed by atoms with E-state index in [1.54, 1.807) is 6.26 Å². The molecular formula is C17H15F2NO. The van der Waals surface area contributed by atoms with Gasteiger partial charge in [-0.15, -0.1) is 0 Å². The second-order valence-corrected chi connectivity index (χ2v) is 4.88. The van der Waals surface area contributed by atoms with Crippen LogP contribution in [-0.4, -0.2) is 6.54 Å². The fourth-order valence-electron chi connectivity index (χ4n) is 2.58. The van der Waals surface area contributed by atoms with Gasteiger partial charge >= 0.3 is 0 Å². The first-order valence-electron chi connectivity index (χ1n) is 6.84. The van der Waals surface area contributed by atoms with E-state index in [-0.39, 0.29) is 6.04 Å². The SMILES string of the molecule is CCNC(c1cc(F)cc(F)c1)c1coc2ccccc12. The van der Waals surface area contributed by atoms with Gasteiger partial charge in [-0.05, 0) is 30.3 Å². The van der Waals surface area contributed by atoms with Gasteiger partial charge in [-0.25, -0.2) is 8.78 Å². The second kappa shape index (κ2) is 5.66. The minimum Gasteiger partial charge on any atom is -0.464 e. The molecule has 0 radical (unpaired) electrons. The van der Waals surface area contributed by atoms with E-state index < -0.39 is 11.6 Å². The summed E-state index contributed by atoms with van der Waals surface area (Å²) in [6, 6.07) is 10.9. The molecule has 2 nitrogen and oxygen atoms in total. The van der Waals surface area contributed by atoms with Crippen LogP contribution in [0.25, 0.3) is 11.0 Å². The summed E-state index contributed by atoms with van der Waals surface area (Å²) in [4.78, 5) is 0. The zero-order valence-corrected chi connectivity index (χ0v) is 11.6. The highest BCUT2D eigenvalue weighted by atomic mass is 19.1. The van der Waals surface area contributed by atoms with Crippen LogP contribution >= 0.6 is 0 Å². The number of fused-ring (bicyclic) bond motifs is 1. The normalized spacial score (nSPS) is 12.7. The monoisotopic (exact) mass is 287 g/mol. The number of para-hydroxylation sites is 1. The first-order valence-corrected chi connectivity index (χ1v) is 6.84. The van der Waals surface area contributed by atoms with Crippen molar-refractivity contribution in [1.82, 2.24) is 5.32 Å². The fourth-order valence-corrected chi connectivity index (χ4v) is 2.58. The van der Waals surface area contributed by atoms with Crippen LogP contribution in [0.3, 0.4) is 0 Å². The lowest BCUT2D eigenvalue weighted by atomic mass is 9.98. The van der Waals surface area contributed by atoms with Crippen LogP contribution in [0.15, 0.2) is 53.1 Å². The number of halogens is 2. The van der Waals surface area contributed by atoms with Crippen LogP contribution in [0, 0.1) is 11.6 Å². The zero-order valence-electron chi connectivity index (χ0n) is 11.6. The van der Waals surface area contributed by atoms with Crippen molar-refractivity contribution in [3.8, 4) is 0 Å². The van der Waals surface area contributed by atoms with Crippen molar-refractivity contribution in [3.05, 3.63) is 71.5 Å². The topological polar surface area (TPSA) is 25.2 Å². The van der Waals surface area contributed by atoms with E-state index in [9.17, 15) is 8.78 Å². The second-order valence-electron chi connectivity index (χ2n) is 4.88. The van der Waals surface area contributed by atoms with Gasteiger partial charge in [0.2, 0.25) is 0 Å². The molecule has 1 atom stereocenters. The van der Waals surface area contributed by atoms with Crippen LogP contribution in [0.2, 0.25) is 0 Å². The zero-order chi connectivity index (χ0) is 14.8. The summed E-state index contributed by atoms with van der Waals surface area (Å²) in [6.45, 7) is 2.62. The molecule has 1 aromatic heterocycles. The molecule has 0 spiro atoms. The van der Waals surface area contributed by atoms with Crippen molar-refractivity contribution >= 4 is 11.0 Å². The van der Waals surface area contributed by atoms with Crippen molar-refractivity contribution in [2.75, 3.05) is 6.54 Å². The Balaban J connectivity index is 2.13. The summed E-state index contributed by atoms with van der Waals surface area (Å²) in [5.74, 6) is -1.17. The highest BCUT2D eigenvalue weighted by molar-refractivity contribution is 5.81. The van der Waals surface area contributed by atoms with Gasteiger partial charge in [-0.1, -0.05) is 25.1 Å². The highest BCUT2D eigenvalue weighted by Gasteiger charge is 2.19. The fraction of sp³-hybridized carbons (Fsp3) is 0.176. The van der Waals surface area contributed by atoms with Gasteiger partial charge in [0.15, 0.2) is 0 Å². The van der Waals surface area contributed by atoms with Gasteiger partial charge in [0.1, 0.15) is 17.2 Å². The number of hydrogen-bond acceptors (Lipinski definition) is 2. The van der Waals surface area contributed by atoms with Gasteiger partial charge in [0.25, 0.3) is 0 Å². The average molecular weight is 287 g/mol. The minimum atomic E-state index is -0.583. The summed E-state index contributed by atoms with van der Waals surface area (Å²) < 4.78 is 32.5. The molecule has 0 aliphatic carbocycles. The van der Waals surface area contributed by atoms with E-state index in [1.807, 2.05) is 31.2 Å². The van der Waals surface area contributed by atoms with Crippen LogP contribution < -0.4 is 5.32 Å². The van der Waals surface area contributed by atoms with Crippen molar-refractivity contribution in [2.24, 2.45) is 0 Å². The maximum atomic E-state index is 13.5. The molecule has 0 aliphatic heterocycles. The molecule has 1 unspecified atom stereocenters. The Bertz CT molecular complexity index is 746. The number of benzene rings is 2. The molecule has 1 N–H and O–H groups in total. The van der Waals surface area contributed by atoms with Crippen molar-refractivity contribution in [2.45, 2.75) is 13.0 Å². The third-order valence-corrected chi connectivity index (χ3v) is 3.45. The smallest absolute Gasteiger partial charge is 0.134 e. The molecule has 2 aromatic carbocycles. The summed E-state index contributed by atoms with van der Waals surface area (Å²) in [5, 5.41) is 4.19. The van der Waals surface area contributed by atoms with E-state index in [0.717, 1.165) is 22.6 Å². The van der Waals surface area contributed by atoms with E-state index in [0.29, 0.717) is 12.1 Å². The summed E-state index contributed by atoms with van der Waals surface area (Å²) in [6.07, 6.45) is 1.64. The van der Waals surface area contributed by atoms with Gasteiger partial charge in [0.05, 0.1) is 12.3 Å². The minimum absolute atomic E-state index is 0.316. The molecule has 0 aliphatic rings. The van der Waals surface area contributed by atoms with Gasteiger partial charge in [-0.3, -0.25) is 0 Å². The third-order valence-electron chi connectivity index (χ3n) is 3.45. The van der Waals surface area contributed by atoms with Crippen molar-refractivity contribution in [3.63, 3.8) is 0 Å². The van der Waals surface area contributed by atoms with Crippen molar-refractivity contribution in [1.29, 1.82) is 0 Å². The maximum absolute atomic E-state index is 13.5. The summed E-state index contributed by atoms with van der Waals surface area (Å²) in [7, 11) is 0. The standard InChI is InChI=1S/C17H15F2NO/c1-2-20-17(11-7-12(18)9-13(19)8-11)15-10-21-16-6-4-3-5-14(15)16/h3-10,17,20H,2H2,1H3. The Hall–Kier alpha value is -2.20. The lowest BCUT2D eigenvalue weighted by Crippen LogP contribution is -2.22. The lowest BCUT2D eigenvalue weighted by molar-refractivity contribution is 0.559. The molecule has 108 valence electrons. The van der Waals surface area contributed by atoms with Crippen LogP contribution in [0.1, 0.15) is 24.1 Å². The van der Waals surface area contributed by atoms with E-state index >= 15 is 0 Å². The van der Waals surface area contributed by atoms with E-state index in [2.05, 4.69) is 5.32 Å². The maximum Gasteiger partial charge on any atom is 0.134 e. The molecule has 3 aromatic rings. The molecule has 0 saturated heterocycles. The predicted molar refractivity (Wildman–Crippen MR) is 78.1 cm³/mol. The first-order chi connectivity index (χ1) is 10.2. The largest absolute Gasteiger partial charge is 0.464 e. The Labute approximate surface area is 121 Å². The number of rotatable bonds is 4. The van der Waals surface area contributed by atoms with E-state index in [1.165, 1.54) is 12.1 Å². The van der Waals surface area contributed by atoms with Crippen LogP contribution in [0.4, 0.5) is 8.78 Å². The molecule has 21 heavy (non-hydrogen) atoms.